The van der Waals surface area contributed by atoms with Crippen LogP contribution in [0.1, 0.15) is 32.0 Å². The zero-order chi connectivity index (χ0) is 21.1. The van der Waals surface area contributed by atoms with Gasteiger partial charge in [-0.05, 0) is 42.8 Å². The van der Waals surface area contributed by atoms with Gasteiger partial charge in [0.1, 0.15) is 5.69 Å². The largest absolute Gasteiger partial charge is 0.355 e. The lowest BCUT2D eigenvalue weighted by Gasteiger charge is -2.14. The van der Waals surface area contributed by atoms with Crippen LogP contribution >= 0.6 is 0 Å². The molecule has 2 N–H and O–H groups in total. The third-order valence-corrected chi connectivity index (χ3v) is 4.18. The first kappa shape index (κ1) is 19.8. The van der Waals surface area contributed by atoms with Crippen molar-refractivity contribution in [2.75, 3.05) is 12.4 Å². The van der Waals surface area contributed by atoms with E-state index in [0.29, 0.717) is 11.2 Å². The fourth-order valence-corrected chi connectivity index (χ4v) is 2.86. The number of hydrogen-bond acceptors (Lipinski definition) is 5. The Balaban J connectivity index is 2.06. The molecule has 8 nitrogen and oxygen atoms in total. The quantitative estimate of drug-likeness (QED) is 0.629. The second kappa shape index (κ2) is 7.94. The molecular formula is C19H16BFN6O2. The fourth-order valence-electron chi connectivity index (χ4n) is 2.86. The van der Waals surface area contributed by atoms with Crippen molar-refractivity contribution < 1.29 is 14.0 Å². The fraction of sp³-hybridized carbons (Fsp3) is 0.105. The van der Waals surface area contributed by atoms with E-state index in [1.807, 2.05) is 6.07 Å². The van der Waals surface area contributed by atoms with Gasteiger partial charge in [-0.15, -0.1) is 0 Å². The molecule has 0 aliphatic rings. The molecule has 0 aliphatic heterocycles. The molecule has 2 aromatic heterocycles. The van der Waals surface area contributed by atoms with Crippen molar-refractivity contribution in [3.63, 3.8) is 0 Å². The number of nitriles is 1. The van der Waals surface area contributed by atoms with Crippen molar-refractivity contribution in [3.8, 4) is 11.9 Å². The smallest absolute Gasteiger partial charge is 0.274 e. The monoisotopic (exact) mass is 390 g/mol. The van der Waals surface area contributed by atoms with Crippen LogP contribution in [0.15, 0.2) is 36.5 Å². The Hall–Kier alpha value is -4.00. The highest BCUT2D eigenvalue weighted by Crippen LogP contribution is 2.24. The number of nitrogens with one attached hydrogen (secondary N) is 2. The van der Waals surface area contributed by atoms with Gasteiger partial charge in [0, 0.05) is 18.8 Å². The zero-order valence-electron chi connectivity index (χ0n) is 15.9. The standard InChI is InChI=1S/C19H16BFN6O2/c1-10-6-11(9-22)7-12(18(28)23-2)16(10)25-19(29)14-8-15(20)26-27(14)17-13(21)4-3-5-24-17/h3-8H,20H2,1-2H3,(H,23,28)(H,25,29). The van der Waals surface area contributed by atoms with Gasteiger partial charge < -0.3 is 10.6 Å². The van der Waals surface area contributed by atoms with Crippen LogP contribution in [0.4, 0.5) is 10.1 Å². The van der Waals surface area contributed by atoms with Crippen molar-refractivity contribution in [1.82, 2.24) is 20.1 Å². The average molecular weight is 390 g/mol. The number of rotatable bonds is 4. The topological polar surface area (TPSA) is 113 Å². The van der Waals surface area contributed by atoms with E-state index in [9.17, 15) is 14.0 Å². The van der Waals surface area contributed by atoms with Crippen molar-refractivity contribution in [1.29, 1.82) is 5.26 Å². The molecule has 1 aromatic carbocycles. The van der Waals surface area contributed by atoms with Gasteiger partial charge >= 0.3 is 0 Å². The summed E-state index contributed by atoms with van der Waals surface area (Å²) in [5.41, 5.74) is 1.75. The van der Waals surface area contributed by atoms with Gasteiger partial charge in [-0.25, -0.2) is 14.1 Å². The molecule has 0 saturated heterocycles. The maximum absolute atomic E-state index is 14.2. The highest BCUT2D eigenvalue weighted by atomic mass is 19.1. The van der Waals surface area contributed by atoms with Crippen LogP contribution in [-0.4, -0.2) is 41.5 Å². The van der Waals surface area contributed by atoms with Crippen molar-refractivity contribution in [3.05, 3.63) is 64.7 Å². The molecule has 144 valence electrons. The highest BCUT2D eigenvalue weighted by Gasteiger charge is 2.22. The molecule has 0 spiro atoms. The molecule has 0 saturated carbocycles. The van der Waals surface area contributed by atoms with Gasteiger partial charge in [0.25, 0.3) is 11.8 Å². The molecule has 0 unspecified atom stereocenters. The second-order valence-corrected chi connectivity index (χ2v) is 6.25. The number of carbonyl (C=O) groups is 2. The van der Waals surface area contributed by atoms with E-state index in [0.717, 1.165) is 4.68 Å². The van der Waals surface area contributed by atoms with Crippen LogP contribution in [0, 0.1) is 24.1 Å². The van der Waals surface area contributed by atoms with Crippen LogP contribution in [0.3, 0.4) is 0 Å². The lowest BCUT2D eigenvalue weighted by molar-refractivity contribution is 0.0964. The SMILES string of the molecule is Bc1cc(C(=O)Nc2c(C)cc(C#N)cc2C(=O)NC)n(-c2ncccc2F)n1. The van der Waals surface area contributed by atoms with Crippen molar-refractivity contribution in [2.45, 2.75) is 6.92 Å². The number of nitrogens with zero attached hydrogens (tertiary/aromatic N) is 4. The predicted molar refractivity (Wildman–Crippen MR) is 107 cm³/mol. The molecule has 0 bridgehead atoms. The summed E-state index contributed by atoms with van der Waals surface area (Å²) < 4.78 is 15.3. The minimum absolute atomic E-state index is 0.0479. The molecule has 0 atom stereocenters. The summed E-state index contributed by atoms with van der Waals surface area (Å²) in [5, 5.41) is 18.5. The minimum atomic E-state index is -0.634. The number of halogens is 1. The van der Waals surface area contributed by atoms with Gasteiger partial charge in [-0.3, -0.25) is 9.59 Å². The molecular weight excluding hydrogens is 374 g/mol. The first-order valence-corrected chi connectivity index (χ1v) is 8.61. The first-order valence-electron chi connectivity index (χ1n) is 8.61. The van der Waals surface area contributed by atoms with E-state index < -0.39 is 17.6 Å². The van der Waals surface area contributed by atoms with E-state index in [4.69, 9.17) is 5.26 Å². The third-order valence-electron chi connectivity index (χ3n) is 4.18. The first-order chi connectivity index (χ1) is 13.8. The van der Waals surface area contributed by atoms with Crippen molar-refractivity contribution >= 4 is 30.9 Å². The van der Waals surface area contributed by atoms with Crippen LogP contribution in [0.5, 0.6) is 0 Å². The highest BCUT2D eigenvalue weighted by molar-refractivity contribution is 6.31. The number of hydrogen-bond donors (Lipinski definition) is 2. The van der Waals surface area contributed by atoms with E-state index in [1.54, 1.807) is 20.8 Å². The second-order valence-electron chi connectivity index (χ2n) is 6.25. The summed E-state index contributed by atoms with van der Waals surface area (Å²) in [6, 6.07) is 9.07. The Morgan fingerprint density at radius 3 is 2.69 bits per heavy atom. The van der Waals surface area contributed by atoms with E-state index in [1.165, 1.54) is 37.5 Å². The number of aryl methyl sites for hydroxylation is 1. The van der Waals surface area contributed by atoms with Gasteiger partial charge in [0.05, 0.1) is 22.9 Å². The Bertz CT molecular complexity index is 1170. The Morgan fingerprint density at radius 1 is 1.28 bits per heavy atom. The molecule has 0 aliphatic carbocycles. The predicted octanol–water partition coefficient (Wildman–Crippen LogP) is 0.457. The average Bonchev–Trinajstić information content (AvgIpc) is 3.10. The van der Waals surface area contributed by atoms with Gasteiger partial charge in [-0.2, -0.15) is 10.4 Å². The van der Waals surface area contributed by atoms with Gasteiger partial charge in [0.2, 0.25) is 0 Å². The van der Waals surface area contributed by atoms with Crippen LogP contribution in [0.2, 0.25) is 0 Å². The number of carbonyl (C=O) groups excluding carboxylic acids is 2. The van der Waals surface area contributed by atoms with Gasteiger partial charge in [-0.1, -0.05) is 0 Å². The Kier molecular flexibility index (Phi) is 5.41. The summed E-state index contributed by atoms with van der Waals surface area (Å²) in [6.45, 7) is 1.67. The number of pyridine rings is 1. The number of aromatic nitrogens is 3. The van der Waals surface area contributed by atoms with Gasteiger partial charge in [0.15, 0.2) is 19.5 Å². The minimum Gasteiger partial charge on any atom is -0.355 e. The lowest BCUT2D eigenvalue weighted by atomic mass is 10.0. The molecule has 29 heavy (non-hydrogen) atoms. The van der Waals surface area contributed by atoms with Crippen LogP contribution < -0.4 is 16.2 Å². The third kappa shape index (κ3) is 3.84. The normalized spacial score (nSPS) is 10.3. The lowest BCUT2D eigenvalue weighted by Crippen LogP contribution is -2.24. The molecule has 3 aromatic rings. The molecule has 0 radical (unpaired) electrons. The summed E-state index contributed by atoms with van der Waals surface area (Å²) in [7, 11) is 3.11. The van der Waals surface area contributed by atoms with E-state index in [-0.39, 0.29) is 28.3 Å². The van der Waals surface area contributed by atoms with E-state index in [2.05, 4.69) is 20.7 Å². The Morgan fingerprint density at radius 2 is 2.03 bits per heavy atom. The number of amides is 2. The van der Waals surface area contributed by atoms with Crippen LogP contribution in [-0.2, 0) is 0 Å². The molecule has 3 rings (SSSR count). The summed E-state index contributed by atoms with van der Waals surface area (Å²) in [4.78, 5) is 29.2. The summed E-state index contributed by atoms with van der Waals surface area (Å²) >= 11 is 0. The summed E-state index contributed by atoms with van der Waals surface area (Å²) in [5.74, 6) is -1.81. The van der Waals surface area contributed by atoms with E-state index >= 15 is 0 Å². The molecule has 2 heterocycles. The number of anilines is 1. The Labute approximate surface area is 166 Å². The zero-order valence-corrected chi connectivity index (χ0v) is 15.9. The molecule has 0 fully saturated rings. The molecule has 10 heteroatoms. The van der Waals surface area contributed by atoms with Crippen LogP contribution in [0.25, 0.3) is 5.82 Å². The maximum atomic E-state index is 14.2. The molecule has 2 amide bonds. The maximum Gasteiger partial charge on any atom is 0.274 e. The van der Waals surface area contributed by atoms with Crippen molar-refractivity contribution in [2.24, 2.45) is 0 Å². The summed E-state index contributed by atoms with van der Waals surface area (Å²) in [6.07, 6.45) is 1.39. The number of benzene rings is 1.